The maximum absolute atomic E-state index is 8.81. The summed E-state index contributed by atoms with van der Waals surface area (Å²) in [4.78, 5) is 11.6. The molecule has 0 bridgehead atoms. The summed E-state index contributed by atoms with van der Waals surface area (Å²) >= 11 is 0. The highest BCUT2D eigenvalue weighted by molar-refractivity contribution is 5.82. The second-order valence-corrected chi connectivity index (χ2v) is 10.7. The lowest BCUT2D eigenvalue weighted by Gasteiger charge is -2.35. The molecule has 0 atom stereocenters. The topological polar surface area (TPSA) is 75.6 Å². The number of hydrogen-bond donors (Lipinski definition) is 1. The molecular formula is C30H35N7. The molecule has 3 aromatic heterocycles. The molecule has 0 amide bonds. The summed E-state index contributed by atoms with van der Waals surface area (Å²) in [6.45, 7) is 14.5. The molecule has 1 aromatic carbocycles. The zero-order chi connectivity index (χ0) is 26.3. The van der Waals surface area contributed by atoms with Crippen LogP contribution in [-0.2, 0) is 13.1 Å². The van der Waals surface area contributed by atoms with E-state index in [-0.39, 0.29) is 11.6 Å². The van der Waals surface area contributed by atoms with Crippen molar-refractivity contribution in [1.29, 1.82) is 5.41 Å². The van der Waals surface area contributed by atoms with Gasteiger partial charge in [0.2, 0.25) is 5.95 Å². The van der Waals surface area contributed by atoms with Crippen LogP contribution in [0.25, 0.3) is 16.7 Å². The fourth-order valence-electron chi connectivity index (χ4n) is 5.46. The number of pyridine rings is 1. The molecule has 4 heterocycles. The maximum atomic E-state index is 8.81. The molecule has 0 saturated carbocycles. The number of rotatable bonds is 6. The van der Waals surface area contributed by atoms with Gasteiger partial charge in [-0.05, 0) is 82.0 Å². The van der Waals surface area contributed by atoms with Gasteiger partial charge in [-0.15, -0.1) is 0 Å². The van der Waals surface area contributed by atoms with Gasteiger partial charge in [0, 0.05) is 41.8 Å². The Kier molecular flexibility index (Phi) is 6.31. The van der Waals surface area contributed by atoms with E-state index in [2.05, 4.69) is 80.1 Å². The van der Waals surface area contributed by atoms with Crippen molar-refractivity contribution in [3.05, 3.63) is 95.1 Å². The first-order valence-electron chi connectivity index (χ1n) is 12.8. The zero-order valence-corrected chi connectivity index (χ0v) is 22.5. The number of hydrogen-bond acceptors (Lipinski definition) is 5. The third kappa shape index (κ3) is 4.61. The number of fused-ring (bicyclic) bond motifs is 1. The van der Waals surface area contributed by atoms with Crippen LogP contribution in [0.15, 0.2) is 67.3 Å². The van der Waals surface area contributed by atoms with E-state index in [1.807, 2.05) is 40.6 Å². The number of anilines is 1. The van der Waals surface area contributed by atoms with Gasteiger partial charge in [-0.2, -0.15) is 5.10 Å². The van der Waals surface area contributed by atoms with Gasteiger partial charge in [0.05, 0.1) is 30.5 Å². The van der Waals surface area contributed by atoms with Gasteiger partial charge in [-0.3, -0.25) is 19.6 Å². The second-order valence-electron chi connectivity index (χ2n) is 10.7. The van der Waals surface area contributed by atoms with E-state index in [1.54, 1.807) is 12.4 Å². The van der Waals surface area contributed by atoms with Crippen molar-refractivity contribution in [3.63, 3.8) is 0 Å². The average Bonchev–Trinajstić information content (AvgIpc) is 3.42. The van der Waals surface area contributed by atoms with Gasteiger partial charge >= 0.3 is 0 Å². The maximum Gasteiger partial charge on any atom is 0.208 e. The van der Waals surface area contributed by atoms with Crippen LogP contribution in [0, 0.1) is 12.3 Å². The summed E-state index contributed by atoms with van der Waals surface area (Å²) in [5.74, 6) is 0.869. The predicted octanol–water partition coefficient (Wildman–Crippen LogP) is 5.44. The van der Waals surface area contributed by atoms with Crippen LogP contribution < -0.4 is 10.4 Å². The van der Waals surface area contributed by atoms with E-state index < -0.39 is 0 Å². The Balaban J connectivity index is 1.52. The zero-order valence-electron chi connectivity index (χ0n) is 22.5. The van der Waals surface area contributed by atoms with Crippen LogP contribution in [-0.4, -0.2) is 35.9 Å². The van der Waals surface area contributed by atoms with Crippen molar-refractivity contribution in [2.24, 2.45) is 0 Å². The van der Waals surface area contributed by atoms with Gasteiger partial charge in [0.15, 0.2) is 0 Å². The Morgan fingerprint density at radius 2 is 1.86 bits per heavy atom. The van der Waals surface area contributed by atoms with Gasteiger partial charge in [-0.25, -0.2) is 4.98 Å². The van der Waals surface area contributed by atoms with Crippen molar-refractivity contribution < 1.29 is 0 Å². The van der Waals surface area contributed by atoms with E-state index in [0.29, 0.717) is 12.0 Å². The molecule has 0 radical (unpaired) electrons. The van der Waals surface area contributed by atoms with E-state index in [4.69, 9.17) is 10.4 Å². The van der Waals surface area contributed by atoms with Crippen molar-refractivity contribution in [1.82, 2.24) is 24.3 Å². The monoisotopic (exact) mass is 493 g/mol. The molecule has 7 heteroatoms. The first kappa shape index (κ1) is 24.7. The van der Waals surface area contributed by atoms with Gasteiger partial charge in [0.25, 0.3) is 0 Å². The Bertz CT molecular complexity index is 1520. The lowest BCUT2D eigenvalue weighted by molar-refractivity contribution is 0.424. The molecule has 1 aliphatic rings. The summed E-state index contributed by atoms with van der Waals surface area (Å²) < 4.78 is 3.98. The van der Waals surface area contributed by atoms with Crippen molar-refractivity contribution in [2.45, 2.75) is 66.2 Å². The molecular weight excluding hydrogens is 458 g/mol. The second kappa shape index (κ2) is 9.47. The Morgan fingerprint density at radius 3 is 2.57 bits per heavy atom. The Morgan fingerprint density at radius 1 is 1.11 bits per heavy atom. The summed E-state index contributed by atoms with van der Waals surface area (Å²) in [5.41, 5.74) is 7.88. The molecule has 1 aliphatic heterocycles. The number of allylic oxidation sites excluding steroid dienone is 1. The van der Waals surface area contributed by atoms with Crippen LogP contribution in [0.5, 0.6) is 0 Å². The van der Waals surface area contributed by atoms with Gasteiger partial charge < -0.3 is 4.90 Å². The molecule has 5 rings (SSSR count). The van der Waals surface area contributed by atoms with E-state index in [9.17, 15) is 0 Å². The highest BCUT2D eigenvalue weighted by Crippen LogP contribution is 2.35. The fraction of sp³-hybridized carbons (Fsp3) is 0.333. The molecule has 0 fully saturated rings. The number of benzene rings is 1. The minimum absolute atomic E-state index is 0.0923. The van der Waals surface area contributed by atoms with Crippen LogP contribution in [0.2, 0.25) is 0 Å². The standard InChI is InChI=1S/C30H35N7/c1-7-25(27-15-28(31)36-19-30(5,6)37(20(2)3)29(36)34-27)26-14-23(9-8-21(26)4)24-16-33-35(18-24)17-22-10-12-32-13-11-22/h7-16,18,20,31H,17,19H2,1-6H3/b25-7+,31-28?. The molecule has 190 valence electrons. The van der Waals surface area contributed by atoms with Crippen molar-refractivity contribution in [2.75, 3.05) is 4.90 Å². The summed E-state index contributed by atoms with van der Waals surface area (Å²) in [7, 11) is 0. The summed E-state index contributed by atoms with van der Waals surface area (Å²) in [6, 6.07) is 12.7. The number of aryl methyl sites for hydroxylation is 1. The SMILES string of the molecule is C/C=C(/c1cc(=N)n2c(n1)N(C(C)C)C(C)(C)C2)c1cc(-c2cnn(Cc3ccncc3)c2)ccc1C. The highest BCUT2D eigenvalue weighted by atomic mass is 15.4. The number of aromatic nitrogens is 5. The van der Waals surface area contributed by atoms with E-state index >= 15 is 0 Å². The average molecular weight is 494 g/mol. The van der Waals surface area contributed by atoms with Crippen LogP contribution in [0.3, 0.4) is 0 Å². The van der Waals surface area contributed by atoms with Crippen molar-refractivity contribution >= 4 is 11.5 Å². The quantitative estimate of drug-likeness (QED) is 0.388. The molecule has 0 aliphatic carbocycles. The Hall–Kier alpha value is -4.00. The molecule has 37 heavy (non-hydrogen) atoms. The van der Waals surface area contributed by atoms with Gasteiger partial charge in [-0.1, -0.05) is 18.2 Å². The Labute approximate surface area is 218 Å². The number of nitrogens with zero attached hydrogens (tertiary/aromatic N) is 6. The first-order valence-corrected chi connectivity index (χ1v) is 12.8. The molecule has 1 N–H and O–H groups in total. The molecule has 0 unspecified atom stereocenters. The third-order valence-electron chi connectivity index (χ3n) is 7.11. The van der Waals surface area contributed by atoms with E-state index in [0.717, 1.165) is 46.0 Å². The number of nitrogens with one attached hydrogen (secondary N) is 1. The van der Waals surface area contributed by atoms with Crippen molar-refractivity contribution in [3.8, 4) is 11.1 Å². The largest absolute Gasteiger partial charge is 0.333 e. The van der Waals surface area contributed by atoms with Crippen LogP contribution in [0.1, 0.15) is 57.0 Å². The lowest BCUT2D eigenvalue weighted by Crippen LogP contribution is -2.45. The fourth-order valence-corrected chi connectivity index (χ4v) is 5.46. The lowest BCUT2D eigenvalue weighted by atomic mass is 9.94. The van der Waals surface area contributed by atoms with Crippen LogP contribution >= 0.6 is 0 Å². The summed E-state index contributed by atoms with van der Waals surface area (Å²) in [5, 5.41) is 13.4. The normalized spacial score (nSPS) is 14.9. The predicted molar refractivity (Wildman–Crippen MR) is 148 cm³/mol. The molecule has 7 nitrogen and oxygen atoms in total. The van der Waals surface area contributed by atoms with E-state index in [1.165, 1.54) is 5.56 Å². The minimum Gasteiger partial charge on any atom is -0.333 e. The molecule has 0 spiro atoms. The molecule has 0 saturated heterocycles. The minimum atomic E-state index is -0.0923. The molecule has 4 aromatic rings. The first-order chi connectivity index (χ1) is 17.7. The smallest absolute Gasteiger partial charge is 0.208 e. The van der Waals surface area contributed by atoms with Gasteiger partial charge in [0.1, 0.15) is 5.49 Å². The third-order valence-corrected chi connectivity index (χ3v) is 7.11. The van der Waals surface area contributed by atoms with Crippen LogP contribution in [0.4, 0.5) is 5.95 Å². The highest BCUT2D eigenvalue weighted by Gasteiger charge is 2.39. The summed E-state index contributed by atoms with van der Waals surface area (Å²) in [6.07, 6.45) is 9.72.